The van der Waals surface area contributed by atoms with Crippen LogP contribution >= 0.6 is 0 Å². The Morgan fingerprint density at radius 2 is 1.38 bits per heavy atom. The molecule has 1 aliphatic carbocycles. The molecule has 3 nitrogen and oxygen atoms in total. The van der Waals surface area contributed by atoms with Crippen molar-refractivity contribution in [3.63, 3.8) is 0 Å². The third-order valence-electron chi connectivity index (χ3n) is 6.40. The zero-order valence-electron chi connectivity index (χ0n) is 18.0. The third-order valence-corrected chi connectivity index (χ3v) is 6.40. The lowest BCUT2D eigenvalue weighted by Crippen LogP contribution is -2.26. The highest BCUT2D eigenvalue weighted by atomic mass is 16.6. The summed E-state index contributed by atoms with van der Waals surface area (Å²) in [6, 6.07) is 14.8. The molecule has 0 fully saturated rings. The van der Waals surface area contributed by atoms with Gasteiger partial charge in [-0.1, -0.05) is 95.5 Å². The summed E-state index contributed by atoms with van der Waals surface area (Å²) in [6.07, 6.45) is 12.2. The molecule has 0 aliphatic heterocycles. The van der Waals surface area contributed by atoms with Gasteiger partial charge in [-0.3, -0.25) is 0 Å². The highest BCUT2D eigenvalue weighted by molar-refractivity contribution is 6.33. The Bertz CT molecular complexity index is 775. The molecule has 29 heavy (non-hydrogen) atoms. The lowest BCUT2D eigenvalue weighted by Gasteiger charge is -2.33. The van der Waals surface area contributed by atoms with Crippen LogP contribution in [0, 0.1) is 0 Å². The summed E-state index contributed by atoms with van der Waals surface area (Å²) in [4.78, 5) is 0. The van der Waals surface area contributed by atoms with Crippen molar-refractivity contribution in [2.45, 2.75) is 83.5 Å². The zero-order valence-corrected chi connectivity index (χ0v) is 18.0. The Morgan fingerprint density at radius 3 is 2.00 bits per heavy atom. The average Bonchev–Trinajstić information content (AvgIpc) is 2.98. The van der Waals surface area contributed by atoms with Crippen molar-refractivity contribution in [3.05, 3.63) is 53.6 Å². The van der Waals surface area contributed by atoms with Crippen LogP contribution in [0.2, 0.25) is 0 Å². The first-order valence-corrected chi connectivity index (χ1v) is 11.4. The second-order valence-electron chi connectivity index (χ2n) is 8.40. The molecule has 0 atom stereocenters. The quantitative estimate of drug-likeness (QED) is 0.331. The van der Waals surface area contributed by atoms with Gasteiger partial charge in [0.15, 0.2) is 0 Å². The molecule has 2 aromatic rings. The standard InChI is InChI=1S/C25H35BO3/c1-3-5-7-11-17-25(18-12-8-6-4-2)23-14-10-9-13-21(23)22-16-15-20(19-24(22)25)29-26(27)28/h9-10,13-16,19,27-28H,3-8,11-12,17-18H2,1-2H3. The van der Waals surface area contributed by atoms with Crippen LogP contribution < -0.4 is 4.65 Å². The van der Waals surface area contributed by atoms with Crippen molar-refractivity contribution < 1.29 is 14.7 Å². The SMILES string of the molecule is CCCCCCC1(CCCCCC)c2ccccc2-c2ccc(OB(O)O)cc21. The summed E-state index contributed by atoms with van der Waals surface area (Å²) in [7, 11) is -1.79. The molecule has 2 aromatic carbocycles. The van der Waals surface area contributed by atoms with Crippen LogP contribution in [0.3, 0.4) is 0 Å². The van der Waals surface area contributed by atoms with E-state index in [9.17, 15) is 10.0 Å². The first-order valence-electron chi connectivity index (χ1n) is 11.4. The molecule has 1 aliphatic rings. The summed E-state index contributed by atoms with van der Waals surface area (Å²) in [6.45, 7) is 4.51. The van der Waals surface area contributed by atoms with Crippen LogP contribution in [-0.2, 0) is 5.41 Å². The van der Waals surface area contributed by atoms with Crippen LogP contribution in [0.25, 0.3) is 11.1 Å². The molecule has 0 radical (unpaired) electrons. The fourth-order valence-electron chi connectivity index (χ4n) is 5.00. The summed E-state index contributed by atoms with van der Waals surface area (Å²) in [5.41, 5.74) is 5.32. The van der Waals surface area contributed by atoms with E-state index in [4.69, 9.17) is 4.65 Å². The van der Waals surface area contributed by atoms with Gasteiger partial charge in [0.25, 0.3) is 0 Å². The number of hydrogen-bond acceptors (Lipinski definition) is 3. The number of fused-ring (bicyclic) bond motifs is 3. The van der Waals surface area contributed by atoms with E-state index in [1.165, 1.54) is 73.6 Å². The molecule has 0 spiro atoms. The minimum absolute atomic E-state index is 0.00676. The molecule has 0 unspecified atom stereocenters. The molecule has 0 saturated heterocycles. The van der Waals surface area contributed by atoms with Gasteiger partial charge in [-0.25, -0.2) is 0 Å². The lowest BCUT2D eigenvalue weighted by atomic mass is 9.70. The van der Waals surface area contributed by atoms with E-state index in [-0.39, 0.29) is 5.41 Å². The molecule has 156 valence electrons. The van der Waals surface area contributed by atoms with Crippen molar-refractivity contribution in [3.8, 4) is 16.9 Å². The Morgan fingerprint density at radius 1 is 0.759 bits per heavy atom. The van der Waals surface area contributed by atoms with Crippen molar-refractivity contribution >= 4 is 7.32 Å². The molecule has 0 bridgehead atoms. The number of benzene rings is 2. The van der Waals surface area contributed by atoms with Crippen LogP contribution in [0.15, 0.2) is 42.5 Å². The number of rotatable bonds is 12. The van der Waals surface area contributed by atoms with Crippen molar-refractivity contribution in [2.75, 3.05) is 0 Å². The van der Waals surface area contributed by atoms with E-state index in [1.54, 1.807) is 0 Å². The molecule has 0 aromatic heterocycles. The first kappa shape index (κ1) is 21.9. The molecule has 0 amide bonds. The highest BCUT2D eigenvalue weighted by Gasteiger charge is 2.42. The Hall–Kier alpha value is -1.78. The largest absolute Gasteiger partial charge is 0.707 e. The fourth-order valence-corrected chi connectivity index (χ4v) is 5.00. The van der Waals surface area contributed by atoms with E-state index in [2.05, 4.69) is 50.2 Å². The van der Waals surface area contributed by atoms with Crippen molar-refractivity contribution in [1.29, 1.82) is 0 Å². The van der Waals surface area contributed by atoms with Crippen LogP contribution in [-0.4, -0.2) is 17.4 Å². The predicted octanol–water partition coefficient (Wildman–Crippen LogP) is 6.24. The number of unbranched alkanes of at least 4 members (excludes halogenated alkanes) is 6. The average molecular weight is 394 g/mol. The second kappa shape index (κ2) is 10.3. The second-order valence-corrected chi connectivity index (χ2v) is 8.40. The summed E-state index contributed by atoms with van der Waals surface area (Å²) in [5, 5.41) is 18.6. The van der Waals surface area contributed by atoms with Gasteiger partial charge in [-0.2, -0.15) is 0 Å². The first-order chi connectivity index (χ1) is 14.1. The molecule has 3 rings (SSSR count). The van der Waals surface area contributed by atoms with Gasteiger partial charge in [-0.05, 0) is 47.2 Å². The van der Waals surface area contributed by atoms with Gasteiger partial charge in [0.05, 0.1) is 0 Å². The van der Waals surface area contributed by atoms with Gasteiger partial charge in [0, 0.05) is 5.41 Å². The monoisotopic (exact) mass is 394 g/mol. The number of hydrogen-bond donors (Lipinski definition) is 2. The normalized spacial score (nSPS) is 13.8. The Labute approximate surface area is 176 Å². The lowest BCUT2D eigenvalue weighted by molar-refractivity contribution is 0.287. The maximum Gasteiger partial charge on any atom is 0.707 e. The van der Waals surface area contributed by atoms with Crippen molar-refractivity contribution in [2.24, 2.45) is 0 Å². The highest BCUT2D eigenvalue weighted by Crippen LogP contribution is 2.54. The maximum atomic E-state index is 9.29. The summed E-state index contributed by atoms with van der Waals surface area (Å²) in [5.74, 6) is 0.526. The van der Waals surface area contributed by atoms with Gasteiger partial charge < -0.3 is 14.7 Å². The summed E-state index contributed by atoms with van der Waals surface area (Å²) >= 11 is 0. The fraction of sp³-hybridized carbons (Fsp3) is 0.520. The van der Waals surface area contributed by atoms with E-state index in [1.807, 2.05) is 6.07 Å². The molecule has 0 heterocycles. The topological polar surface area (TPSA) is 49.7 Å². The van der Waals surface area contributed by atoms with Crippen LogP contribution in [0.1, 0.15) is 89.2 Å². The van der Waals surface area contributed by atoms with E-state index < -0.39 is 7.32 Å². The maximum absolute atomic E-state index is 9.29. The molecular formula is C25H35BO3. The van der Waals surface area contributed by atoms with Gasteiger partial charge in [0.1, 0.15) is 5.75 Å². The van der Waals surface area contributed by atoms with Crippen molar-refractivity contribution in [1.82, 2.24) is 0 Å². The Kier molecular flexibility index (Phi) is 7.80. The Balaban J connectivity index is 2.01. The van der Waals surface area contributed by atoms with Crippen LogP contribution in [0.4, 0.5) is 0 Å². The smallest absolute Gasteiger partial charge is 0.512 e. The van der Waals surface area contributed by atoms with Gasteiger partial charge in [0.2, 0.25) is 0 Å². The molecule has 0 saturated carbocycles. The predicted molar refractivity (Wildman–Crippen MR) is 121 cm³/mol. The van der Waals surface area contributed by atoms with Gasteiger partial charge in [-0.15, -0.1) is 0 Å². The molecule has 4 heteroatoms. The third kappa shape index (κ3) is 4.87. The van der Waals surface area contributed by atoms with Crippen LogP contribution in [0.5, 0.6) is 5.75 Å². The summed E-state index contributed by atoms with van der Waals surface area (Å²) < 4.78 is 5.23. The molecular weight excluding hydrogens is 359 g/mol. The van der Waals surface area contributed by atoms with Gasteiger partial charge >= 0.3 is 7.32 Å². The van der Waals surface area contributed by atoms with E-state index in [0.29, 0.717) is 5.75 Å². The molecule has 2 N–H and O–H groups in total. The van der Waals surface area contributed by atoms with E-state index >= 15 is 0 Å². The van der Waals surface area contributed by atoms with E-state index in [0.717, 1.165) is 12.8 Å². The minimum Gasteiger partial charge on any atom is -0.512 e. The zero-order chi connectivity index (χ0) is 20.7. The minimum atomic E-state index is -1.79.